The van der Waals surface area contributed by atoms with E-state index in [4.69, 9.17) is 28.4 Å². The van der Waals surface area contributed by atoms with E-state index in [1.165, 1.54) is 199 Å². The minimum Gasteiger partial charge on any atom is -0.457 e. The number of esters is 1. The fraction of sp³-hybridized carbons (Fsp3) is 0.870. The van der Waals surface area contributed by atoms with Gasteiger partial charge in [0.05, 0.1) is 26.4 Å². The third-order valence-corrected chi connectivity index (χ3v) is 16.3. The fourth-order valence-corrected chi connectivity index (χ4v) is 10.8. The standard InChI is InChI=1S/C69H126O14/c1-3-5-7-9-11-13-15-17-19-21-23-25-27-28-29-31-33-35-37-39-41-43-45-47-49-51-53-78-55-58(56-79-68-67(77)65(75)63(73)60(83-68)57-80-69-66(76)64(74)62(72)59(54-70)82-69)81-61(71)52-50-48-46-44-42-40-38-36-34-32-30-26-24-22-20-18-16-14-12-10-8-6-4-2/h16,18,21-24,30,32,58-60,62-70,72-77H,3-15,17,19-20,25-29,31,33-57H2,1-2H3/b18-16-,23-21-,24-22-,32-30-. The molecule has 0 spiro atoms. The number of aliphatic hydroxyl groups excluding tert-OH is 7. The highest BCUT2D eigenvalue weighted by Gasteiger charge is 2.47. The zero-order chi connectivity index (χ0) is 60.1. The maximum Gasteiger partial charge on any atom is 0.306 e. The first-order valence-electron chi connectivity index (χ1n) is 34.2. The third-order valence-electron chi connectivity index (χ3n) is 16.3. The molecule has 2 saturated heterocycles. The number of aliphatic hydroxyl groups is 7. The fourth-order valence-electron chi connectivity index (χ4n) is 10.8. The van der Waals surface area contributed by atoms with Crippen molar-refractivity contribution < 1.29 is 69.0 Å². The molecule has 2 aliphatic heterocycles. The van der Waals surface area contributed by atoms with Crippen LogP contribution in [-0.4, -0.2) is 142 Å². The Morgan fingerprint density at radius 3 is 1.18 bits per heavy atom. The second-order valence-corrected chi connectivity index (χ2v) is 24.0. The molecule has 11 atom stereocenters. The molecular weight excluding hydrogens is 1050 g/mol. The molecule has 2 rings (SSSR count). The van der Waals surface area contributed by atoms with E-state index in [9.17, 15) is 40.5 Å². The summed E-state index contributed by atoms with van der Waals surface area (Å²) >= 11 is 0. The van der Waals surface area contributed by atoms with E-state index < -0.39 is 80.7 Å². The molecule has 0 aromatic rings. The van der Waals surface area contributed by atoms with E-state index in [0.717, 1.165) is 57.8 Å². The van der Waals surface area contributed by atoms with Gasteiger partial charge >= 0.3 is 5.97 Å². The highest BCUT2D eigenvalue weighted by molar-refractivity contribution is 5.69. The SMILES string of the molecule is CCCCCCC/C=C\C/C=C\C/C=C\CCCCCCCCCCC(=O)OC(COCCCCCCCCCCCCCCCC/C=C\CCCCCCCCCC)COC1OC(COC2OC(CO)C(O)C(O)C2O)C(O)C(O)C1O. The lowest BCUT2D eigenvalue weighted by Gasteiger charge is -2.42. The van der Waals surface area contributed by atoms with Gasteiger partial charge in [0, 0.05) is 13.0 Å². The van der Waals surface area contributed by atoms with Crippen LogP contribution in [0.15, 0.2) is 48.6 Å². The van der Waals surface area contributed by atoms with Crippen molar-refractivity contribution in [3.05, 3.63) is 48.6 Å². The molecule has 2 fully saturated rings. The molecule has 0 bridgehead atoms. The first-order chi connectivity index (χ1) is 40.6. The van der Waals surface area contributed by atoms with Gasteiger partial charge in [0.15, 0.2) is 12.6 Å². The molecule has 0 radical (unpaired) electrons. The summed E-state index contributed by atoms with van der Waals surface area (Å²) in [5, 5.41) is 72.6. The zero-order valence-electron chi connectivity index (χ0n) is 52.7. The largest absolute Gasteiger partial charge is 0.457 e. The molecule has 0 saturated carbocycles. The van der Waals surface area contributed by atoms with Crippen LogP contribution in [0.1, 0.15) is 284 Å². The number of hydrogen-bond acceptors (Lipinski definition) is 14. The summed E-state index contributed by atoms with van der Waals surface area (Å²) in [6.07, 6.45) is 53.2. The van der Waals surface area contributed by atoms with Crippen LogP contribution >= 0.6 is 0 Å². The summed E-state index contributed by atoms with van der Waals surface area (Å²) < 4.78 is 34.5. The maximum absolute atomic E-state index is 13.1. The summed E-state index contributed by atoms with van der Waals surface area (Å²) in [6.45, 7) is 3.72. The Kier molecular flexibility index (Phi) is 51.3. The molecule has 0 aliphatic carbocycles. The van der Waals surface area contributed by atoms with Gasteiger partial charge in [-0.05, 0) is 77.0 Å². The number of ether oxygens (including phenoxy) is 6. The summed E-state index contributed by atoms with van der Waals surface area (Å²) in [5.41, 5.74) is 0. The van der Waals surface area contributed by atoms with Crippen molar-refractivity contribution in [2.75, 3.05) is 33.0 Å². The Balaban J connectivity index is 1.65. The molecule has 0 aromatic heterocycles. The van der Waals surface area contributed by atoms with E-state index in [1.54, 1.807) is 0 Å². The van der Waals surface area contributed by atoms with Crippen LogP contribution in [0.3, 0.4) is 0 Å². The van der Waals surface area contributed by atoms with Gasteiger partial charge in [0.1, 0.15) is 54.9 Å². The molecule has 0 amide bonds. The van der Waals surface area contributed by atoms with Gasteiger partial charge in [0.2, 0.25) is 0 Å². The Hall–Kier alpha value is -2.05. The predicted octanol–water partition coefficient (Wildman–Crippen LogP) is 14.2. The number of carbonyl (C=O) groups excluding carboxylic acids is 1. The minimum absolute atomic E-state index is 0.0597. The number of unbranched alkanes of at least 4 members (excludes halogenated alkanes) is 35. The maximum atomic E-state index is 13.1. The van der Waals surface area contributed by atoms with Crippen LogP contribution in [-0.2, 0) is 33.2 Å². The van der Waals surface area contributed by atoms with Gasteiger partial charge in [0.25, 0.3) is 0 Å². The van der Waals surface area contributed by atoms with Crippen LogP contribution in [0, 0.1) is 0 Å². The van der Waals surface area contributed by atoms with Crippen LogP contribution in [0.5, 0.6) is 0 Å². The van der Waals surface area contributed by atoms with Gasteiger partial charge in [-0.25, -0.2) is 0 Å². The van der Waals surface area contributed by atoms with E-state index in [-0.39, 0.29) is 25.6 Å². The molecule has 83 heavy (non-hydrogen) atoms. The van der Waals surface area contributed by atoms with Crippen LogP contribution < -0.4 is 0 Å². The molecule has 486 valence electrons. The molecular formula is C69H126O14. The third kappa shape index (κ3) is 40.9. The molecule has 7 N–H and O–H groups in total. The highest BCUT2D eigenvalue weighted by Crippen LogP contribution is 2.27. The van der Waals surface area contributed by atoms with E-state index in [0.29, 0.717) is 13.0 Å². The summed E-state index contributed by atoms with van der Waals surface area (Å²) in [6, 6.07) is 0. The van der Waals surface area contributed by atoms with Gasteiger partial charge in [-0.2, -0.15) is 0 Å². The first-order valence-corrected chi connectivity index (χ1v) is 34.2. The summed E-state index contributed by atoms with van der Waals surface area (Å²) in [7, 11) is 0. The van der Waals surface area contributed by atoms with E-state index in [1.807, 2.05) is 0 Å². The average Bonchev–Trinajstić information content (AvgIpc) is 3.49. The van der Waals surface area contributed by atoms with Gasteiger partial charge in [-0.1, -0.05) is 249 Å². The van der Waals surface area contributed by atoms with Crippen molar-refractivity contribution in [2.45, 2.75) is 351 Å². The normalized spacial score (nSPS) is 23.7. The summed E-state index contributed by atoms with van der Waals surface area (Å²) in [4.78, 5) is 13.1. The second-order valence-electron chi connectivity index (χ2n) is 24.0. The van der Waals surface area contributed by atoms with Crippen LogP contribution in [0.25, 0.3) is 0 Å². The topological polar surface area (TPSA) is 214 Å². The first kappa shape index (κ1) is 77.0. The lowest BCUT2D eigenvalue weighted by atomic mass is 9.98. The molecule has 14 heteroatoms. The van der Waals surface area contributed by atoms with E-state index in [2.05, 4.69) is 62.5 Å². The Morgan fingerprint density at radius 2 is 0.747 bits per heavy atom. The van der Waals surface area contributed by atoms with Gasteiger partial charge in [-0.3, -0.25) is 4.79 Å². The van der Waals surface area contributed by atoms with Crippen LogP contribution in [0.2, 0.25) is 0 Å². The van der Waals surface area contributed by atoms with Crippen LogP contribution in [0.4, 0.5) is 0 Å². The number of allylic oxidation sites excluding steroid dienone is 8. The number of rotatable bonds is 57. The minimum atomic E-state index is -1.71. The Labute approximate surface area is 505 Å². The smallest absolute Gasteiger partial charge is 0.306 e. The molecule has 11 unspecified atom stereocenters. The monoisotopic (exact) mass is 1180 g/mol. The number of carbonyl (C=O) groups is 1. The Bertz CT molecular complexity index is 1560. The van der Waals surface area contributed by atoms with Gasteiger partial charge in [-0.15, -0.1) is 0 Å². The quantitative estimate of drug-likeness (QED) is 0.0171. The molecule has 0 aromatic carbocycles. The second kappa shape index (κ2) is 55.3. The van der Waals surface area contributed by atoms with Gasteiger partial charge < -0.3 is 64.2 Å². The van der Waals surface area contributed by atoms with Crippen molar-refractivity contribution in [1.29, 1.82) is 0 Å². The van der Waals surface area contributed by atoms with E-state index >= 15 is 0 Å². The van der Waals surface area contributed by atoms with Crippen molar-refractivity contribution in [2.24, 2.45) is 0 Å². The molecule has 2 heterocycles. The van der Waals surface area contributed by atoms with Crippen molar-refractivity contribution in [1.82, 2.24) is 0 Å². The van der Waals surface area contributed by atoms with Crippen molar-refractivity contribution >= 4 is 5.97 Å². The summed E-state index contributed by atoms with van der Waals surface area (Å²) in [5.74, 6) is -0.379. The lowest BCUT2D eigenvalue weighted by molar-refractivity contribution is -0.332. The molecule has 2 aliphatic rings. The number of hydrogen-bond donors (Lipinski definition) is 7. The van der Waals surface area contributed by atoms with Crippen molar-refractivity contribution in [3.63, 3.8) is 0 Å². The lowest BCUT2D eigenvalue weighted by Crippen LogP contribution is -2.61. The zero-order valence-corrected chi connectivity index (χ0v) is 52.7. The molecule has 14 nitrogen and oxygen atoms in total. The Morgan fingerprint density at radius 1 is 0.398 bits per heavy atom. The van der Waals surface area contributed by atoms with Crippen molar-refractivity contribution in [3.8, 4) is 0 Å². The average molecular weight is 1180 g/mol. The predicted molar refractivity (Wildman–Crippen MR) is 335 cm³/mol. The highest BCUT2D eigenvalue weighted by atomic mass is 16.7.